The molecule has 0 fully saturated rings. The van der Waals surface area contributed by atoms with Crippen molar-refractivity contribution in [1.82, 2.24) is 4.90 Å². The monoisotopic (exact) mass is 254 g/mol. The van der Waals surface area contributed by atoms with Crippen molar-refractivity contribution >= 4 is 11.7 Å². The van der Waals surface area contributed by atoms with Gasteiger partial charge in [0.05, 0.1) is 26.0 Å². The average Bonchev–Trinajstić information content (AvgIpc) is 2.39. The number of ether oxygens (including phenoxy) is 1. The number of anilines is 1. The molecule has 100 valence electrons. The van der Waals surface area contributed by atoms with Crippen LogP contribution in [0.4, 0.5) is 10.5 Å². The second-order valence-electron chi connectivity index (χ2n) is 3.56. The Balaban J connectivity index is 2.72. The van der Waals surface area contributed by atoms with E-state index in [4.69, 9.17) is 14.9 Å². The summed E-state index contributed by atoms with van der Waals surface area (Å²) in [5, 5.41) is 20.4. The van der Waals surface area contributed by atoms with Gasteiger partial charge in [-0.3, -0.25) is 0 Å². The minimum absolute atomic E-state index is 0.153. The molecule has 0 aromatic heterocycles. The average molecular weight is 254 g/mol. The fraction of sp³-hybridized carbons (Fsp3) is 0.417. The van der Waals surface area contributed by atoms with Crippen LogP contribution in [-0.2, 0) is 0 Å². The van der Waals surface area contributed by atoms with Crippen molar-refractivity contribution in [3.63, 3.8) is 0 Å². The Hall–Kier alpha value is -1.79. The Morgan fingerprint density at radius 1 is 1.28 bits per heavy atom. The second kappa shape index (κ2) is 7.52. The smallest absolute Gasteiger partial charge is 0.322 e. The van der Waals surface area contributed by atoms with Crippen molar-refractivity contribution in [2.24, 2.45) is 0 Å². The van der Waals surface area contributed by atoms with Gasteiger partial charge in [0.15, 0.2) is 0 Å². The SMILES string of the molecule is COc1ccccc1NC(=O)N(CCO)CCO. The predicted molar refractivity (Wildman–Crippen MR) is 67.8 cm³/mol. The number of hydrogen-bond acceptors (Lipinski definition) is 4. The predicted octanol–water partition coefficient (Wildman–Crippen LogP) is 0.514. The van der Waals surface area contributed by atoms with Crippen molar-refractivity contribution in [3.8, 4) is 5.75 Å². The highest BCUT2D eigenvalue weighted by atomic mass is 16.5. The van der Waals surface area contributed by atoms with Gasteiger partial charge in [0.25, 0.3) is 0 Å². The summed E-state index contributed by atoms with van der Waals surface area (Å²) in [6, 6.07) is 6.64. The molecule has 6 nitrogen and oxygen atoms in total. The number of rotatable bonds is 6. The molecule has 0 aliphatic carbocycles. The first-order chi connectivity index (χ1) is 8.72. The molecule has 1 rings (SSSR count). The van der Waals surface area contributed by atoms with Gasteiger partial charge in [-0.15, -0.1) is 0 Å². The van der Waals surface area contributed by atoms with Crippen molar-refractivity contribution in [2.75, 3.05) is 38.7 Å². The maximum absolute atomic E-state index is 11.9. The van der Waals surface area contributed by atoms with Crippen molar-refractivity contribution < 1.29 is 19.7 Å². The summed E-state index contributed by atoms with van der Waals surface area (Å²) in [4.78, 5) is 13.2. The van der Waals surface area contributed by atoms with Crippen molar-refractivity contribution in [1.29, 1.82) is 0 Å². The van der Waals surface area contributed by atoms with Crippen LogP contribution in [-0.4, -0.2) is 54.6 Å². The molecule has 1 aromatic carbocycles. The largest absolute Gasteiger partial charge is 0.495 e. The molecule has 0 aliphatic rings. The van der Waals surface area contributed by atoms with Gasteiger partial charge in [-0.25, -0.2) is 4.79 Å². The topological polar surface area (TPSA) is 82.0 Å². The molecule has 3 N–H and O–H groups in total. The first kappa shape index (κ1) is 14.3. The number of carbonyl (C=O) groups excluding carboxylic acids is 1. The molecule has 0 spiro atoms. The van der Waals surface area contributed by atoms with Gasteiger partial charge in [0.2, 0.25) is 0 Å². The number of para-hydroxylation sites is 2. The second-order valence-corrected chi connectivity index (χ2v) is 3.56. The number of nitrogens with zero attached hydrogens (tertiary/aromatic N) is 1. The molecule has 0 saturated carbocycles. The van der Waals surface area contributed by atoms with Gasteiger partial charge < -0.3 is 25.2 Å². The molecule has 18 heavy (non-hydrogen) atoms. The number of amides is 2. The lowest BCUT2D eigenvalue weighted by atomic mass is 10.3. The molecule has 6 heteroatoms. The Labute approximate surface area is 106 Å². The fourth-order valence-corrected chi connectivity index (χ4v) is 1.50. The van der Waals surface area contributed by atoms with Gasteiger partial charge >= 0.3 is 6.03 Å². The number of aliphatic hydroxyl groups excluding tert-OH is 2. The molecular weight excluding hydrogens is 236 g/mol. The zero-order chi connectivity index (χ0) is 13.4. The van der Waals surface area contributed by atoms with E-state index in [9.17, 15) is 4.79 Å². The van der Waals surface area contributed by atoms with Crippen LogP contribution < -0.4 is 10.1 Å². The summed E-state index contributed by atoms with van der Waals surface area (Å²) in [5.74, 6) is 0.554. The zero-order valence-corrected chi connectivity index (χ0v) is 10.3. The van der Waals surface area contributed by atoms with Crippen LogP contribution in [0.2, 0.25) is 0 Å². The van der Waals surface area contributed by atoms with Gasteiger partial charge in [0, 0.05) is 13.1 Å². The number of nitrogens with one attached hydrogen (secondary N) is 1. The van der Waals surface area contributed by atoms with Crippen molar-refractivity contribution in [3.05, 3.63) is 24.3 Å². The van der Waals surface area contributed by atoms with Crippen LogP contribution in [0.5, 0.6) is 5.75 Å². The van der Waals surface area contributed by atoms with Crippen LogP contribution in [0, 0.1) is 0 Å². The highest BCUT2D eigenvalue weighted by Gasteiger charge is 2.14. The van der Waals surface area contributed by atoms with E-state index in [1.807, 2.05) is 0 Å². The highest BCUT2D eigenvalue weighted by Crippen LogP contribution is 2.23. The standard InChI is InChI=1S/C12H18N2O4/c1-18-11-5-3-2-4-10(11)13-12(17)14(6-8-15)7-9-16/h2-5,15-16H,6-9H2,1H3,(H,13,17). The van der Waals surface area contributed by atoms with E-state index in [1.165, 1.54) is 12.0 Å². The minimum atomic E-state index is -0.386. The number of methoxy groups -OCH3 is 1. The number of aliphatic hydroxyl groups is 2. The van der Waals surface area contributed by atoms with Gasteiger partial charge in [-0.1, -0.05) is 12.1 Å². The summed E-state index contributed by atoms with van der Waals surface area (Å²) in [6.07, 6.45) is 0. The lowest BCUT2D eigenvalue weighted by Crippen LogP contribution is -2.39. The lowest BCUT2D eigenvalue weighted by Gasteiger charge is -2.21. The number of urea groups is 1. The third-order valence-corrected chi connectivity index (χ3v) is 2.38. The van der Waals surface area contributed by atoms with E-state index in [0.717, 1.165) is 0 Å². The van der Waals surface area contributed by atoms with Crippen LogP contribution in [0.1, 0.15) is 0 Å². The van der Waals surface area contributed by atoms with Gasteiger partial charge in [-0.2, -0.15) is 0 Å². The summed E-state index contributed by atoms with van der Waals surface area (Å²) in [6.45, 7) is 0.0295. The van der Waals surface area contributed by atoms with E-state index in [1.54, 1.807) is 24.3 Å². The Morgan fingerprint density at radius 2 is 1.89 bits per heavy atom. The summed E-state index contributed by atoms with van der Waals surface area (Å²) in [5.41, 5.74) is 0.547. The fourth-order valence-electron chi connectivity index (χ4n) is 1.50. The first-order valence-electron chi connectivity index (χ1n) is 5.63. The summed E-state index contributed by atoms with van der Waals surface area (Å²) < 4.78 is 5.11. The van der Waals surface area contributed by atoms with Gasteiger partial charge in [-0.05, 0) is 12.1 Å². The van der Waals surface area contributed by atoms with Crippen LogP contribution in [0.3, 0.4) is 0 Å². The first-order valence-corrected chi connectivity index (χ1v) is 5.63. The third kappa shape index (κ3) is 3.90. The Kier molecular flexibility index (Phi) is 5.96. The Bertz CT molecular complexity index is 378. The van der Waals surface area contributed by atoms with E-state index in [0.29, 0.717) is 11.4 Å². The third-order valence-electron chi connectivity index (χ3n) is 2.38. The molecule has 0 heterocycles. The van der Waals surface area contributed by atoms with E-state index < -0.39 is 0 Å². The van der Waals surface area contributed by atoms with Crippen molar-refractivity contribution in [2.45, 2.75) is 0 Å². The van der Waals surface area contributed by atoms with E-state index >= 15 is 0 Å². The number of benzene rings is 1. The molecule has 0 unspecified atom stereocenters. The number of hydrogen-bond donors (Lipinski definition) is 3. The minimum Gasteiger partial charge on any atom is -0.495 e. The lowest BCUT2D eigenvalue weighted by molar-refractivity contribution is 0.167. The van der Waals surface area contributed by atoms with Gasteiger partial charge in [0.1, 0.15) is 5.75 Å². The normalized spacial score (nSPS) is 9.94. The summed E-state index contributed by atoms with van der Waals surface area (Å²) in [7, 11) is 1.52. The molecule has 0 aliphatic heterocycles. The molecule has 0 radical (unpaired) electrons. The van der Waals surface area contributed by atoms with Crippen LogP contribution >= 0.6 is 0 Å². The van der Waals surface area contributed by atoms with E-state index in [2.05, 4.69) is 5.32 Å². The summed E-state index contributed by atoms with van der Waals surface area (Å²) >= 11 is 0. The molecule has 0 saturated heterocycles. The zero-order valence-electron chi connectivity index (χ0n) is 10.3. The molecular formula is C12H18N2O4. The maximum atomic E-state index is 11.9. The number of carbonyl (C=O) groups is 1. The molecule has 2 amide bonds. The molecule has 0 atom stereocenters. The van der Waals surface area contributed by atoms with Crippen LogP contribution in [0.25, 0.3) is 0 Å². The van der Waals surface area contributed by atoms with E-state index in [-0.39, 0.29) is 32.3 Å². The highest BCUT2D eigenvalue weighted by molar-refractivity contribution is 5.90. The molecule has 0 bridgehead atoms. The quantitative estimate of drug-likeness (QED) is 0.691. The maximum Gasteiger partial charge on any atom is 0.322 e. The van der Waals surface area contributed by atoms with Crippen LogP contribution in [0.15, 0.2) is 24.3 Å². The molecule has 1 aromatic rings. The Morgan fingerprint density at radius 3 is 2.44 bits per heavy atom.